The number of aliphatic carboxylic acids is 1. The minimum absolute atomic E-state index is 0.346. The number of unbranched alkanes of at least 4 members (excludes halogenated alkanes) is 1. The molecule has 13 heavy (non-hydrogen) atoms. The summed E-state index contributed by atoms with van der Waals surface area (Å²) in [7, 11) is 0. The highest BCUT2D eigenvalue weighted by Crippen LogP contribution is 2.26. The normalized spacial score (nSPS) is 14.2. The SMILES string of the molecule is CC(C)(CCCCN)C(N)C(=O)O. The molecule has 1 unspecified atom stereocenters. The maximum absolute atomic E-state index is 10.6. The van der Waals surface area contributed by atoms with Crippen molar-refractivity contribution in [3.8, 4) is 0 Å². The van der Waals surface area contributed by atoms with Gasteiger partial charge in [-0.15, -0.1) is 0 Å². The third-order valence-electron chi connectivity index (χ3n) is 2.38. The van der Waals surface area contributed by atoms with Crippen LogP contribution in [-0.2, 0) is 4.79 Å². The van der Waals surface area contributed by atoms with Gasteiger partial charge in [0.15, 0.2) is 0 Å². The molecule has 1 atom stereocenters. The van der Waals surface area contributed by atoms with Gasteiger partial charge in [-0.1, -0.05) is 20.3 Å². The lowest BCUT2D eigenvalue weighted by atomic mass is 9.80. The van der Waals surface area contributed by atoms with Gasteiger partial charge in [0, 0.05) is 0 Å². The molecule has 0 saturated carbocycles. The maximum atomic E-state index is 10.6. The molecule has 0 aliphatic heterocycles. The average Bonchev–Trinajstić information content (AvgIpc) is 2.03. The lowest BCUT2D eigenvalue weighted by molar-refractivity contribution is -0.141. The van der Waals surface area contributed by atoms with E-state index < -0.39 is 12.0 Å². The van der Waals surface area contributed by atoms with E-state index >= 15 is 0 Å². The first-order valence-corrected chi connectivity index (χ1v) is 4.60. The Bertz CT molecular complexity index is 169. The van der Waals surface area contributed by atoms with E-state index in [1.54, 1.807) is 0 Å². The van der Waals surface area contributed by atoms with E-state index in [0.717, 1.165) is 19.3 Å². The summed E-state index contributed by atoms with van der Waals surface area (Å²) in [4.78, 5) is 10.6. The maximum Gasteiger partial charge on any atom is 0.321 e. The molecule has 0 bridgehead atoms. The zero-order valence-corrected chi connectivity index (χ0v) is 8.42. The summed E-state index contributed by atoms with van der Waals surface area (Å²) in [5.41, 5.74) is 10.5. The third kappa shape index (κ3) is 4.24. The van der Waals surface area contributed by atoms with Crippen LogP contribution in [0.4, 0.5) is 0 Å². The van der Waals surface area contributed by atoms with Gasteiger partial charge in [0.1, 0.15) is 6.04 Å². The van der Waals surface area contributed by atoms with Crippen LogP contribution in [0, 0.1) is 5.41 Å². The first kappa shape index (κ1) is 12.4. The van der Waals surface area contributed by atoms with Crippen LogP contribution >= 0.6 is 0 Å². The number of nitrogens with two attached hydrogens (primary N) is 2. The van der Waals surface area contributed by atoms with Gasteiger partial charge >= 0.3 is 5.97 Å². The Morgan fingerprint density at radius 3 is 2.38 bits per heavy atom. The van der Waals surface area contributed by atoms with Crippen LogP contribution in [0.5, 0.6) is 0 Å². The number of rotatable bonds is 6. The molecular formula is C9H20N2O2. The summed E-state index contributed by atoms with van der Waals surface area (Å²) in [5.74, 6) is -0.933. The molecule has 78 valence electrons. The number of hydrogen-bond acceptors (Lipinski definition) is 3. The van der Waals surface area contributed by atoms with Crippen molar-refractivity contribution in [3.05, 3.63) is 0 Å². The van der Waals surface area contributed by atoms with Gasteiger partial charge in [-0.3, -0.25) is 4.79 Å². The van der Waals surface area contributed by atoms with Crippen molar-refractivity contribution in [1.82, 2.24) is 0 Å². The van der Waals surface area contributed by atoms with Gasteiger partial charge in [0.05, 0.1) is 0 Å². The standard InChI is InChI=1S/C9H20N2O2/c1-9(2,5-3-4-6-10)7(11)8(12)13/h7H,3-6,10-11H2,1-2H3,(H,12,13). The quantitative estimate of drug-likeness (QED) is 0.531. The Labute approximate surface area is 79.3 Å². The van der Waals surface area contributed by atoms with Crippen LogP contribution < -0.4 is 11.5 Å². The molecule has 4 nitrogen and oxygen atoms in total. The molecule has 0 aromatic rings. The van der Waals surface area contributed by atoms with Crippen LogP contribution in [-0.4, -0.2) is 23.7 Å². The first-order valence-electron chi connectivity index (χ1n) is 4.60. The van der Waals surface area contributed by atoms with Crippen molar-refractivity contribution in [2.24, 2.45) is 16.9 Å². The average molecular weight is 188 g/mol. The fourth-order valence-corrected chi connectivity index (χ4v) is 1.21. The topological polar surface area (TPSA) is 89.3 Å². The van der Waals surface area contributed by atoms with E-state index in [1.165, 1.54) is 0 Å². The number of carboxylic acid groups (broad SMARTS) is 1. The summed E-state index contributed by atoms with van der Waals surface area (Å²) in [6.45, 7) is 4.41. The highest BCUT2D eigenvalue weighted by molar-refractivity contribution is 5.74. The molecule has 4 heteroatoms. The minimum atomic E-state index is -0.933. The number of hydrogen-bond donors (Lipinski definition) is 3. The van der Waals surface area contributed by atoms with Gasteiger partial charge in [-0.25, -0.2) is 0 Å². The molecule has 0 spiro atoms. The van der Waals surface area contributed by atoms with Gasteiger partial charge < -0.3 is 16.6 Å². The van der Waals surface area contributed by atoms with Crippen molar-refractivity contribution in [2.45, 2.75) is 39.2 Å². The molecule has 0 aromatic carbocycles. The van der Waals surface area contributed by atoms with Crippen molar-refractivity contribution < 1.29 is 9.90 Å². The molecule has 0 heterocycles. The minimum Gasteiger partial charge on any atom is -0.480 e. The van der Waals surface area contributed by atoms with Crippen LogP contribution in [0.2, 0.25) is 0 Å². The summed E-state index contributed by atoms with van der Waals surface area (Å²) < 4.78 is 0. The Kier molecular flexibility index (Phi) is 4.95. The molecular weight excluding hydrogens is 168 g/mol. The number of carbonyl (C=O) groups is 1. The Morgan fingerprint density at radius 1 is 1.46 bits per heavy atom. The molecule has 0 saturated heterocycles. The van der Waals surface area contributed by atoms with E-state index in [0.29, 0.717) is 6.54 Å². The fourth-order valence-electron chi connectivity index (χ4n) is 1.21. The second-order valence-corrected chi connectivity index (χ2v) is 4.05. The largest absolute Gasteiger partial charge is 0.480 e. The van der Waals surface area contributed by atoms with Crippen LogP contribution in [0.25, 0.3) is 0 Å². The van der Waals surface area contributed by atoms with Gasteiger partial charge in [-0.2, -0.15) is 0 Å². The lowest BCUT2D eigenvalue weighted by Gasteiger charge is -2.28. The monoisotopic (exact) mass is 188 g/mol. The molecule has 5 N–H and O–H groups in total. The van der Waals surface area contributed by atoms with Crippen molar-refractivity contribution >= 4 is 5.97 Å². The Morgan fingerprint density at radius 2 is 2.00 bits per heavy atom. The zero-order chi connectivity index (χ0) is 10.5. The van der Waals surface area contributed by atoms with Crippen molar-refractivity contribution in [2.75, 3.05) is 6.54 Å². The molecule has 0 rings (SSSR count). The Hall–Kier alpha value is -0.610. The summed E-state index contributed by atoms with van der Waals surface area (Å²) in [6.07, 6.45) is 2.66. The van der Waals surface area contributed by atoms with E-state index in [-0.39, 0.29) is 5.41 Å². The van der Waals surface area contributed by atoms with Crippen molar-refractivity contribution in [3.63, 3.8) is 0 Å². The molecule has 0 aromatic heterocycles. The third-order valence-corrected chi connectivity index (χ3v) is 2.38. The van der Waals surface area contributed by atoms with E-state index in [4.69, 9.17) is 16.6 Å². The number of carboxylic acids is 1. The van der Waals surface area contributed by atoms with E-state index in [9.17, 15) is 4.79 Å². The smallest absolute Gasteiger partial charge is 0.321 e. The molecule has 0 fully saturated rings. The summed E-state index contributed by atoms with van der Waals surface area (Å²) in [6, 6.07) is -0.787. The highest BCUT2D eigenvalue weighted by Gasteiger charge is 2.31. The molecule has 0 aliphatic carbocycles. The molecule has 0 radical (unpaired) electrons. The summed E-state index contributed by atoms with van der Waals surface area (Å²) >= 11 is 0. The van der Waals surface area contributed by atoms with E-state index in [1.807, 2.05) is 13.8 Å². The second-order valence-electron chi connectivity index (χ2n) is 4.05. The highest BCUT2D eigenvalue weighted by atomic mass is 16.4. The predicted octanol–water partition coefficient (Wildman–Crippen LogP) is 0.554. The zero-order valence-electron chi connectivity index (χ0n) is 8.42. The predicted molar refractivity (Wildman–Crippen MR) is 52.3 cm³/mol. The second kappa shape index (κ2) is 5.19. The summed E-state index contributed by atoms with van der Waals surface area (Å²) in [5, 5.41) is 8.72. The molecule has 0 aliphatic rings. The van der Waals surface area contributed by atoms with Crippen LogP contribution in [0.3, 0.4) is 0 Å². The lowest BCUT2D eigenvalue weighted by Crippen LogP contribution is -2.43. The Balaban J connectivity index is 3.98. The van der Waals surface area contributed by atoms with Gasteiger partial charge in [-0.05, 0) is 24.8 Å². The van der Waals surface area contributed by atoms with Crippen molar-refractivity contribution in [1.29, 1.82) is 0 Å². The fraction of sp³-hybridized carbons (Fsp3) is 0.889. The van der Waals surface area contributed by atoms with Crippen LogP contribution in [0.15, 0.2) is 0 Å². The van der Waals surface area contributed by atoms with Crippen LogP contribution in [0.1, 0.15) is 33.1 Å². The first-order chi connectivity index (χ1) is 5.91. The van der Waals surface area contributed by atoms with Gasteiger partial charge in [0.2, 0.25) is 0 Å². The van der Waals surface area contributed by atoms with Gasteiger partial charge in [0.25, 0.3) is 0 Å². The van der Waals surface area contributed by atoms with E-state index in [2.05, 4.69) is 0 Å². The molecule has 0 amide bonds.